The van der Waals surface area contributed by atoms with Crippen LogP contribution in [0.4, 0.5) is 0 Å². The van der Waals surface area contributed by atoms with Crippen LogP contribution in [0.3, 0.4) is 0 Å². The van der Waals surface area contributed by atoms with E-state index in [9.17, 15) is 0 Å². The van der Waals surface area contributed by atoms with Crippen LogP contribution in [0, 0.1) is 6.92 Å². The third-order valence-electron chi connectivity index (χ3n) is 1.14. The van der Waals surface area contributed by atoms with Crippen molar-refractivity contribution >= 4 is 11.3 Å². The Bertz CT molecular complexity index is 199. The fraction of sp³-hybridized carbons (Fsp3) is 0.500. The maximum atomic E-state index is 4.87. The third-order valence-corrected chi connectivity index (χ3v) is 2.11. The molecule has 0 amide bonds. The van der Waals surface area contributed by atoms with E-state index in [-0.39, 0.29) is 0 Å². The van der Waals surface area contributed by atoms with E-state index >= 15 is 0 Å². The van der Waals surface area contributed by atoms with Crippen LogP contribution in [0.2, 0.25) is 0 Å². The molecule has 0 unspecified atom stereocenters. The van der Waals surface area contributed by atoms with Crippen LogP contribution < -0.4 is 5.90 Å². The van der Waals surface area contributed by atoms with Gasteiger partial charge >= 0.3 is 0 Å². The lowest BCUT2D eigenvalue weighted by atomic mass is 10.4. The van der Waals surface area contributed by atoms with Crippen molar-refractivity contribution in [2.75, 3.05) is 6.61 Å². The lowest BCUT2D eigenvalue weighted by Gasteiger charge is -1.91. The van der Waals surface area contributed by atoms with Gasteiger partial charge in [0.15, 0.2) is 0 Å². The fourth-order valence-corrected chi connectivity index (χ4v) is 1.46. The van der Waals surface area contributed by atoms with Gasteiger partial charge in [-0.1, -0.05) is 0 Å². The van der Waals surface area contributed by atoms with Crippen molar-refractivity contribution in [3.05, 3.63) is 16.1 Å². The van der Waals surface area contributed by atoms with E-state index in [0.29, 0.717) is 6.61 Å². The van der Waals surface area contributed by atoms with E-state index in [1.54, 1.807) is 11.3 Å². The predicted octanol–water partition coefficient (Wildman–Crippen LogP) is 0.884. The van der Waals surface area contributed by atoms with Crippen LogP contribution >= 0.6 is 11.3 Å². The van der Waals surface area contributed by atoms with Crippen LogP contribution in [0.5, 0.6) is 0 Å². The van der Waals surface area contributed by atoms with Crippen molar-refractivity contribution in [1.82, 2.24) is 4.98 Å². The highest BCUT2D eigenvalue weighted by Gasteiger charge is 1.95. The first-order valence-electron chi connectivity index (χ1n) is 3.06. The number of rotatable bonds is 3. The molecule has 4 heteroatoms. The summed E-state index contributed by atoms with van der Waals surface area (Å²) < 4.78 is 0. The Morgan fingerprint density at radius 3 is 3.10 bits per heavy atom. The summed E-state index contributed by atoms with van der Waals surface area (Å²) >= 11 is 1.68. The summed E-state index contributed by atoms with van der Waals surface area (Å²) in [6, 6.07) is 0. The highest BCUT2D eigenvalue weighted by atomic mass is 32.1. The van der Waals surface area contributed by atoms with Crippen molar-refractivity contribution in [2.45, 2.75) is 13.3 Å². The average molecular weight is 158 g/mol. The lowest BCUT2D eigenvalue weighted by molar-refractivity contribution is 0.141. The van der Waals surface area contributed by atoms with Crippen LogP contribution in [-0.4, -0.2) is 11.6 Å². The molecule has 0 spiro atoms. The van der Waals surface area contributed by atoms with Crippen LogP contribution in [0.25, 0.3) is 0 Å². The average Bonchev–Trinajstić information content (AvgIpc) is 2.31. The molecule has 56 valence electrons. The fourth-order valence-electron chi connectivity index (χ4n) is 0.680. The molecule has 0 saturated heterocycles. The molecule has 0 aromatic carbocycles. The largest absolute Gasteiger partial charge is 0.304 e. The Kier molecular flexibility index (Phi) is 2.80. The molecule has 0 radical (unpaired) electrons. The number of aryl methyl sites for hydroxylation is 1. The SMILES string of the molecule is Cc1ncc(CCON)s1. The molecule has 0 atom stereocenters. The van der Waals surface area contributed by atoms with Crippen molar-refractivity contribution < 1.29 is 4.84 Å². The van der Waals surface area contributed by atoms with Crippen molar-refractivity contribution in [1.29, 1.82) is 0 Å². The Morgan fingerprint density at radius 2 is 2.60 bits per heavy atom. The van der Waals surface area contributed by atoms with Gasteiger partial charge in [-0.25, -0.2) is 10.9 Å². The first kappa shape index (κ1) is 7.65. The van der Waals surface area contributed by atoms with E-state index in [4.69, 9.17) is 5.90 Å². The van der Waals surface area contributed by atoms with Gasteiger partial charge in [-0.15, -0.1) is 11.3 Å². The maximum Gasteiger partial charge on any atom is 0.0896 e. The standard InChI is InChI=1S/C6H10N2OS/c1-5-8-4-6(10-5)2-3-9-7/h4H,2-3,7H2,1H3. The Balaban J connectivity index is 2.42. The zero-order valence-corrected chi connectivity index (χ0v) is 6.65. The van der Waals surface area contributed by atoms with Gasteiger partial charge in [0.2, 0.25) is 0 Å². The molecule has 1 aromatic rings. The van der Waals surface area contributed by atoms with Crippen molar-refractivity contribution in [3.63, 3.8) is 0 Å². The smallest absolute Gasteiger partial charge is 0.0896 e. The van der Waals surface area contributed by atoms with Crippen LogP contribution in [0.1, 0.15) is 9.88 Å². The first-order valence-corrected chi connectivity index (χ1v) is 3.87. The molecule has 2 N–H and O–H groups in total. The zero-order chi connectivity index (χ0) is 7.40. The Morgan fingerprint density at radius 1 is 1.80 bits per heavy atom. The number of thiazole rings is 1. The highest BCUT2D eigenvalue weighted by Crippen LogP contribution is 2.11. The summed E-state index contributed by atoms with van der Waals surface area (Å²) in [4.78, 5) is 9.75. The molecule has 1 aromatic heterocycles. The molecule has 0 aliphatic rings. The quantitative estimate of drug-likeness (QED) is 0.664. The van der Waals surface area contributed by atoms with Gasteiger partial charge in [0.1, 0.15) is 0 Å². The molecule has 1 rings (SSSR count). The molecule has 1 heterocycles. The summed E-state index contributed by atoms with van der Waals surface area (Å²) in [7, 11) is 0. The topological polar surface area (TPSA) is 48.1 Å². The molecule has 0 bridgehead atoms. The predicted molar refractivity (Wildman–Crippen MR) is 40.7 cm³/mol. The van der Waals surface area contributed by atoms with E-state index in [0.717, 1.165) is 11.4 Å². The maximum absolute atomic E-state index is 4.87. The second-order valence-electron chi connectivity index (χ2n) is 1.97. The molecule has 10 heavy (non-hydrogen) atoms. The summed E-state index contributed by atoms with van der Waals surface area (Å²) in [5.74, 6) is 4.87. The summed E-state index contributed by atoms with van der Waals surface area (Å²) in [6.45, 7) is 2.55. The van der Waals surface area contributed by atoms with Gasteiger partial charge in [-0.05, 0) is 6.92 Å². The van der Waals surface area contributed by atoms with Gasteiger partial charge in [-0.3, -0.25) is 0 Å². The molecule has 3 nitrogen and oxygen atoms in total. The monoisotopic (exact) mass is 158 g/mol. The summed E-state index contributed by atoms with van der Waals surface area (Å²) in [5.41, 5.74) is 0. The summed E-state index contributed by atoms with van der Waals surface area (Å²) in [5, 5.41) is 1.09. The second kappa shape index (κ2) is 3.65. The van der Waals surface area contributed by atoms with E-state index in [2.05, 4.69) is 9.82 Å². The second-order valence-corrected chi connectivity index (χ2v) is 3.29. The summed E-state index contributed by atoms with van der Waals surface area (Å²) in [6.07, 6.45) is 2.72. The first-order chi connectivity index (χ1) is 4.83. The van der Waals surface area contributed by atoms with E-state index < -0.39 is 0 Å². The van der Waals surface area contributed by atoms with Gasteiger partial charge in [-0.2, -0.15) is 0 Å². The number of hydrogen-bond acceptors (Lipinski definition) is 4. The zero-order valence-electron chi connectivity index (χ0n) is 5.83. The van der Waals surface area contributed by atoms with Gasteiger partial charge in [0.25, 0.3) is 0 Å². The molecule has 0 aliphatic heterocycles. The number of nitrogens with two attached hydrogens (primary N) is 1. The van der Waals surface area contributed by atoms with Crippen LogP contribution in [-0.2, 0) is 11.3 Å². The minimum Gasteiger partial charge on any atom is -0.304 e. The molecule has 0 fully saturated rings. The number of nitrogens with zero attached hydrogens (tertiary/aromatic N) is 1. The van der Waals surface area contributed by atoms with Gasteiger partial charge in [0, 0.05) is 17.5 Å². The normalized spacial score (nSPS) is 10.2. The Labute approximate surface area is 63.8 Å². The number of hydrogen-bond donors (Lipinski definition) is 1. The minimum atomic E-state index is 0.571. The molecular weight excluding hydrogens is 148 g/mol. The molecule has 0 saturated carbocycles. The molecule has 0 aliphatic carbocycles. The van der Waals surface area contributed by atoms with Gasteiger partial charge in [0.05, 0.1) is 11.6 Å². The minimum absolute atomic E-state index is 0.571. The molecular formula is C6H10N2OS. The Hall–Kier alpha value is -0.450. The van der Waals surface area contributed by atoms with E-state index in [1.807, 2.05) is 13.1 Å². The van der Waals surface area contributed by atoms with Crippen LogP contribution in [0.15, 0.2) is 6.20 Å². The van der Waals surface area contributed by atoms with Crippen molar-refractivity contribution in [3.8, 4) is 0 Å². The lowest BCUT2D eigenvalue weighted by Crippen LogP contribution is -2.02. The third kappa shape index (κ3) is 2.06. The highest BCUT2D eigenvalue weighted by molar-refractivity contribution is 7.11. The number of aromatic nitrogens is 1. The van der Waals surface area contributed by atoms with E-state index in [1.165, 1.54) is 4.88 Å². The van der Waals surface area contributed by atoms with Gasteiger partial charge < -0.3 is 4.84 Å². The van der Waals surface area contributed by atoms with Crippen molar-refractivity contribution in [2.24, 2.45) is 5.90 Å².